The second-order valence-corrected chi connectivity index (χ2v) is 6.66. The molecule has 0 aliphatic heterocycles. The molecule has 27 heavy (non-hydrogen) atoms. The number of aromatic nitrogens is 2. The average Bonchev–Trinajstić information content (AvgIpc) is 3.12. The molecule has 1 amide bonds. The fourth-order valence-corrected chi connectivity index (χ4v) is 3.40. The van der Waals surface area contributed by atoms with Gasteiger partial charge >= 0.3 is 0 Å². The lowest BCUT2D eigenvalue weighted by Crippen LogP contribution is -2.30. The lowest BCUT2D eigenvalue weighted by Gasteiger charge is -2.26. The summed E-state index contributed by atoms with van der Waals surface area (Å²) in [5, 5.41) is 6.94. The molecule has 1 atom stereocenters. The van der Waals surface area contributed by atoms with Crippen LogP contribution in [-0.2, 0) is 13.0 Å². The number of benzene rings is 2. The Morgan fingerprint density at radius 1 is 1.22 bits per heavy atom. The molecule has 3 aromatic rings. The Morgan fingerprint density at radius 2 is 2.04 bits per heavy atom. The SMILES string of the molecule is Cc1nc(COc2ccc(C(=O)N[C@H]3CCCc4ccccc43)cc2)no1. The van der Waals surface area contributed by atoms with Crippen molar-refractivity contribution in [3.8, 4) is 5.75 Å². The van der Waals surface area contributed by atoms with Crippen molar-refractivity contribution in [3.05, 3.63) is 76.9 Å². The molecule has 0 unspecified atom stereocenters. The molecule has 0 fully saturated rings. The van der Waals surface area contributed by atoms with E-state index in [-0.39, 0.29) is 18.6 Å². The first-order chi connectivity index (χ1) is 13.2. The molecule has 6 nitrogen and oxygen atoms in total. The topological polar surface area (TPSA) is 77.2 Å². The summed E-state index contributed by atoms with van der Waals surface area (Å²) >= 11 is 0. The summed E-state index contributed by atoms with van der Waals surface area (Å²) in [5.41, 5.74) is 3.17. The van der Waals surface area contributed by atoms with E-state index in [2.05, 4.69) is 33.7 Å². The third-order valence-electron chi connectivity index (χ3n) is 4.73. The van der Waals surface area contributed by atoms with Crippen molar-refractivity contribution in [1.29, 1.82) is 0 Å². The van der Waals surface area contributed by atoms with Gasteiger partial charge in [-0.3, -0.25) is 4.79 Å². The van der Waals surface area contributed by atoms with E-state index in [9.17, 15) is 4.79 Å². The van der Waals surface area contributed by atoms with Crippen molar-refractivity contribution in [2.75, 3.05) is 0 Å². The fraction of sp³-hybridized carbons (Fsp3) is 0.286. The highest BCUT2D eigenvalue weighted by molar-refractivity contribution is 5.94. The monoisotopic (exact) mass is 363 g/mol. The van der Waals surface area contributed by atoms with Gasteiger partial charge in [-0.25, -0.2) is 0 Å². The molecule has 6 heteroatoms. The van der Waals surface area contributed by atoms with Gasteiger partial charge in [0.2, 0.25) is 11.7 Å². The van der Waals surface area contributed by atoms with Gasteiger partial charge in [0.15, 0.2) is 6.61 Å². The van der Waals surface area contributed by atoms with Gasteiger partial charge in [0.25, 0.3) is 5.91 Å². The summed E-state index contributed by atoms with van der Waals surface area (Å²) in [6, 6.07) is 15.5. The Labute approximate surface area is 157 Å². The zero-order valence-electron chi connectivity index (χ0n) is 15.1. The van der Waals surface area contributed by atoms with E-state index in [1.54, 1.807) is 31.2 Å². The van der Waals surface area contributed by atoms with Crippen molar-refractivity contribution < 1.29 is 14.1 Å². The third kappa shape index (κ3) is 4.00. The van der Waals surface area contributed by atoms with Crippen LogP contribution in [0.4, 0.5) is 0 Å². The number of carbonyl (C=O) groups is 1. The standard InChI is InChI=1S/C21H21N3O3/c1-14-22-20(24-27-14)13-26-17-11-9-16(10-12-17)21(25)23-19-8-4-6-15-5-2-3-7-18(15)19/h2-3,5,7,9-12,19H,4,6,8,13H2,1H3,(H,23,25)/t19-/m0/s1. The number of ether oxygens (including phenoxy) is 1. The van der Waals surface area contributed by atoms with E-state index in [0.29, 0.717) is 23.0 Å². The van der Waals surface area contributed by atoms with Gasteiger partial charge in [-0.05, 0) is 54.7 Å². The average molecular weight is 363 g/mol. The van der Waals surface area contributed by atoms with Crippen molar-refractivity contribution in [2.45, 2.75) is 38.8 Å². The molecule has 0 saturated carbocycles. The summed E-state index contributed by atoms with van der Waals surface area (Å²) in [5.74, 6) is 1.57. The summed E-state index contributed by atoms with van der Waals surface area (Å²) in [7, 11) is 0. The Bertz CT molecular complexity index is 934. The Kier molecular flexibility index (Phi) is 4.87. The van der Waals surface area contributed by atoms with Gasteiger partial charge in [-0.2, -0.15) is 4.98 Å². The lowest BCUT2D eigenvalue weighted by molar-refractivity contribution is 0.0932. The third-order valence-corrected chi connectivity index (χ3v) is 4.73. The Balaban J connectivity index is 1.38. The molecule has 1 aliphatic carbocycles. The maximum atomic E-state index is 12.6. The van der Waals surface area contributed by atoms with E-state index in [1.165, 1.54) is 11.1 Å². The van der Waals surface area contributed by atoms with Crippen LogP contribution in [0, 0.1) is 6.92 Å². The van der Waals surface area contributed by atoms with Gasteiger partial charge in [0, 0.05) is 12.5 Å². The number of aryl methyl sites for hydroxylation is 2. The van der Waals surface area contributed by atoms with Gasteiger partial charge in [-0.15, -0.1) is 0 Å². The number of hydrogen-bond acceptors (Lipinski definition) is 5. The Morgan fingerprint density at radius 3 is 2.81 bits per heavy atom. The van der Waals surface area contributed by atoms with Crippen LogP contribution in [-0.4, -0.2) is 16.0 Å². The second kappa shape index (κ2) is 7.61. The van der Waals surface area contributed by atoms with Crippen molar-refractivity contribution in [1.82, 2.24) is 15.5 Å². The van der Waals surface area contributed by atoms with Crippen molar-refractivity contribution in [2.24, 2.45) is 0 Å². The molecule has 0 saturated heterocycles. The van der Waals surface area contributed by atoms with Gasteiger partial charge in [0.1, 0.15) is 5.75 Å². The highest BCUT2D eigenvalue weighted by Crippen LogP contribution is 2.29. The minimum absolute atomic E-state index is 0.0693. The number of nitrogens with zero attached hydrogens (tertiary/aromatic N) is 2. The van der Waals surface area contributed by atoms with Crippen LogP contribution in [0.15, 0.2) is 53.1 Å². The van der Waals surface area contributed by atoms with Gasteiger partial charge in [0.05, 0.1) is 6.04 Å². The number of nitrogens with one attached hydrogen (secondary N) is 1. The first-order valence-corrected chi connectivity index (χ1v) is 9.10. The molecule has 1 heterocycles. The minimum Gasteiger partial charge on any atom is -0.485 e. The van der Waals surface area contributed by atoms with E-state index < -0.39 is 0 Å². The second-order valence-electron chi connectivity index (χ2n) is 6.66. The molecule has 0 radical (unpaired) electrons. The molecule has 1 N–H and O–H groups in total. The lowest BCUT2D eigenvalue weighted by atomic mass is 9.87. The molecule has 0 spiro atoms. The van der Waals surface area contributed by atoms with Crippen molar-refractivity contribution >= 4 is 5.91 Å². The van der Waals surface area contributed by atoms with E-state index in [1.807, 2.05) is 6.07 Å². The number of rotatable bonds is 5. The maximum absolute atomic E-state index is 12.6. The van der Waals surface area contributed by atoms with Gasteiger partial charge < -0.3 is 14.6 Å². The maximum Gasteiger partial charge on any atom is 0.251 e. The van der Waals surface area contributed by atoms with Crippen LogP contribution in [0.5, 0.6) is 5.75 Å². The zero-order chi connectivity index (χ0) is 18.6. The molecule has 1 aliphatic rings. The molecule has 4 rings (SSSR count). The molecule has 0 bridgehead atoms. The molecule has 138 valence electrons. The predicted octanol–water partition coefficient (Wildman–Crippen LogP) is 3.76. The molecule has 1 aromatic heterocycles. The van der Waals surface area contributed by atoms with Crippen LogP contribution in [0.3, 0.4) is 0 Å². The largest absolute Gasteiger partial charge is 0.485 e. The van der Waals surface area contributed by atoms with E-state index in [4.69, 9.17) is 9.26 Å². The first-order valence-electron chi connectivity index (χ1n) is 9.10. The first kappa shape index (κ1) is 17.3. The minimum atomic E-state index is -0.0722. The number of hydrogen-bond donors (Lipinski definition) is 1. The summed E-state index contributed by atoms with van der Waals surface area (Å²) < 4.78 is 10.5. The normalized spacial score (nSPS) is 15.8. The van der Waals surface area contributed by atoms with Gasteiger partial charge in [-0.1, -0.05) is 29.4 Å². The number of carbonyl (C=O) groups excluding carboxylic acids is 1. The van der Waals surface area contributed by atoms with Crippen LogP contribution >= 0.6 is 0 Å². The fourth-order valence-electron chi connectivity index (χ4n) is 3.40. The zero-order valence-corrected chi connectivity index (χ0v) is 15.1. The highest BCUT2D eigenvalue weighted by Gasteiger charge is 2.21. The summed E-state index contributed by atoms with van der Waals surface area (Å²) in [6.07, 6.45) is 3.13. The predicted molar refractivity (Wildman–Crippen MR) is 99.4 cm³/mol. The summed E-state index contributed by atoms with van der Waals surface area (Å²) in [6.45, 7) is 1.95. The molecular weight excluding hydrogens is 342 g/mol. The Hall–Kier alpha value is -3.15. The molecular formula is C21H21N3O3. The van der Waals surface area contributed by atoms with Crippen LogP contribution < -0.4 is 10.1 Å². The van der Waals surface area contributed by atoms with Crippen LogP contribution in [0.25, 0.3) is 0 Å². The van der Waals surface area contributed by atoms with E-state index >= 15 is 0 Å². The van der Waals surface area contributed by atoms with E-state index in [0.717, 1.165) is 19.3 Å². The number of amides is 1. The summed E-state index contributed by atoms with van der Waals surface area (Å²) in [4.78, 5) is 16.7. The molecule has 2 aromatic carbocycles. The number of fused-ring (bicyclic) bond motifs is 1. The van der Waals surface area contributed by atoms with Crippen LogP contribution in [0.2, 0.25) is 0 Å². The highest BCUT2D eigenvalue weighted by atomic mass is 16.5. The van der Waals surface area contributed by atoms with Crippen molar-refractivity contribution in [3.63, 3.8) is 0 Å². The quantitative estimate of drug-likeness (QED) is 0.747. The smallest absolute Gasteiger partial charge is 0.251 e. The van der Waals surface area contributed by atoms with Crippen LogP contribution in [0.1, 0.15) is 52.1 Å².